The molecule has 0 aromatic carbocycles. The van der Waals surface area contributed by atoms with Gasteiger partial charge in [-0.2, -0.15) is 13.2 Å². The van der Waals surface area contributed by atoms with Crippen LogP contribution >= 0.6 is 0 Å². The fourth-order valence-electron chi connectivity index (χ4n) is 4.24. The van der Waals surface area contributed by atoms with E-state index in [2.05, 4.69) is 76.2 Å². The van der Waals surface area contributed by atoms with Crippen LogP contribution in [0, 0.1) is 50.7 Å². The van der Waals surface area contributed by atoms with Gasteiger partial charge in [-0.15, -0.1) is 0 Å². The molecule has 5 unspecified atom stereocenters. The molecule has 0 amide bonds. The highest BCUT2D eigenvalue weighted by Gasteiger charge is 2.55. The minimum absolute atomic E-state index is 0. The van der Waals surface area contributed by atoms with E-state index in [1.165, 1.54) is 13.8 Å². The number of alkyl halides is 4. The van der Waals surface area contributed by atoms with Gasteiger partial charge >= 0.3 is 6.18 Å². The first-order valence-electron chi connectivity index (χ1n) is 15.8. The van der Waals surface area contributed by atoms with E-state index in [0.29, 0.717) is 16.7 Å². The first-order valence-corrected chi connectivity index (χ1v) is 15.8. The summed E-state index contributed by atoms with van der Waals surface area (Å²) in [6.45, 7) is 44.3. The number of hydrogen-bond donors (Lipinski definition) is 3. The Hall–Kier alpha value is -0.400. The maximum atomic E-state index is 12.8. The van der Waals surface area contributed by atoms with Crippen molar-refractivity contribution in [3.63, 3.8) is 0 Å². The minimum Gasteiger partial charge on any atom is -0.390 e. The van der Waals surface area contributed by atoms with Crippen molar-refractivity contribution in [2.45, 2.75) is 190 Å². The van der Waals surface area contributed by atoms with Crippen LogP contribution in [0.1, 0.15) is 167 Å². The molecule has 44 heavy (non-hydrogen) atoms. The molecular weight excluding hydrogens is 568 g/mol. The van der Waals surface area contributed by atoms with Gasteiger partial charge in [-0.1, -0.05) is 139 Å². The molecule has 3 N–H and O–H groups in total. The third kappa shape index (κ3) is 21.4. The van der Waals surface area contributed by atoms with E-state index in [4.69, 9.17) is 5.11 Å². The lowest BCUT2D eigenvalue weighted by Crippen LogP contribution is -2.51. The highest BCUT2D eigenvalue weighted by molar-refractivity contribution is 4.92. The van der Waals surface area contributed by atoms with E-state index in [0.717, 1.165) is 12.8 Å². The number of hydrogen-bond acceptors (Lipinski definition) is 3. The van der Waals surface area contributed by atoms with E-state index < -0.39 is 34.6 Å². The van der Waals surface area contributed by atoms with E-state index in [-0.39, 0.29) is 24.2 Å². The van der Waals surface area contributed by atoms with Gasteiger partial charge in [0.25, 0.3) is 0 Å². The molecule has 0 aliphatic heterocycles. The van der Waals surface area contributed by atoms with Gasteiger partial charge in [-0.05, 0) is 72.5 Å². The highest BCUT2D eigenvalue weighted by atomic mass is 19.4. The Balaban J connectivity index is -0.000000154. The van der Waals surface area contributed by atoms with Gasteiger partial charge in [0.05, 0.1) is 5.60 Å². The van der Waals surface area contributed by atoms with Crippen molar-refractivity contribution in [1.82, 2.24) is 0 Å². The average Bonchev–Trinajstić information content (AvgIpc) is 2.67. The predicted molar refractivity (Wildman–Crippen MR) is 185 cm³/mol. The largest absolute Gasteiger partial charge is 0.417 e. The van der Waals surface area contributed by atoms with E-state index in [1.54, 1.807) is 27.7 Å². The summed E-state index contributed by atoms with van der Waals surface area (Å²) >= 11 is 0. The maximum absolute atomic E-state index is 12.8. The van der Waals surface area contributed by atoms with Crippen LogP contribution in [0.2, 0.25) is 0 Å². The Morgan fingerprint density at radius 3 is 0.591 bits per heavy atom. The molecule has 0 heterocycles. The second kappa shape index (κ2) is 17.1. The second-order valence-electron chi connectivity index (χ2n) is 19.0. The van der Waals surface area contributed by atoms with Crippen molar-refractivity contribution in [2.75, 3.05) is 0 Å². The predicted octanol–water partition coefficient (Wildman–Crippen LogP) is 12.1. The summed E-state index contributed by atoms with van der Waals surface area (Å²) in [6, 6.07) is 0. The molecular formula is C37H80F4O3. The van der Waals surface area contributed by atoms with Crippen LogP contribution in [-0.2, 0) is 0 Å². The minimum atomic E-state index is -4.57. The van der Waals surface area contributed by atoms with Crippen LogP contribution in [0.3, 0.4) is 0 Å². The lowest BCUT2D eigenvalue weighted by atomic mass is 9.68. The van der Waals surface area contributed by atoms with Crippen LogP contribution in [0.4, 0.5) is 17.6 Å². The van der Waals surface area contributed by atoms with Gasteiger partial charge in [-0.3, -0.25) is 0 Å². The van der Waals surface area contributed by atoms with Crippen LogP contribution < -0.4 is 0 Å². The van der Waals surface area contributed by atoms with Gasteiger partial charge < -0.3 is 15.3 Å². The highest BCUT2D eigenvalue weighted by Crippen LogP contribution is 2.43. The SMILES string of the molecule is C.CC(C(C)(C)C)C(C)(C)C.CC(C(C)(C)C)C(C)(C)O.CC(C(C)(C)C)C(C)(O)C(F)(F)F.CC(C(C)(C)C)C(C)(O)F. The van der Waals surface area contributed by atoms with Crippen molar-refractivity contribution >= 4 is 0 Å². The molecule has 0 aromatic rings. The molecule has 0 fully saturated rings. The molecule has 5 atom stereocenters. The molecule has 0 aromatic heterocycles. The molecule has 0 bridgehead atoms. The molecule has 3 nitrogen and oxygen atoms in total. The smallest absolute Gasteiger partial charge is 0.390 e. The summed E-state index contributed by atoms with van der Waals surface area (Å²) < 4.78 is 49.9. The van der Waals surface area contributed by atoms with Crippen molar-refractivity contribution in [3.8, 4) is 0 Å². The average molecular weight is 649 g/mol. The second-order valence-corrected chi connectivity index (χ2v) is 19.0. The summed E-state index contributed by atoms with van der Waals surface area (Å²) in [5.41, 5.74) is -2.85. The Kier molecular flexibility index (Phi) is 20.7. The van der Waals surface area contributed by atoms with Crippen molar-refractivity contribution in [1.29, 1.82) is 0 Å². The Morgan fingerprint density at radius 1 is 0.364 bits per heavy atom. The molecule has 0 rings (SSSR count). The monoisotopic (exact) mass is 649 g/mol. The van der Waals surface area contributed by atoms with E-state index in [9.17, 15) is 27.8 Å². The standard InChI is InChI=1S/C10H22.C9H17F3O.C9H20O.C8H17FO.CH4/c1-8(9(2,3)4)10(5,6)7;1-6(7(2,3)4)8(5,13)9(10,11)12;1-7(8(2,3)4)9(5,6)10;1-6(7(2,3)4)8(5,9)10;/h8H,1-7H3;6,13H,1-5H3;7,10H,1-6H3;6,10H,1-5H3;1H4. The van der Waals surface area contributed by atoms with Crippen molar-refractivity contribution < 1.29 is 32.9 Å². The zero-order valence-corrected chi connectivity index (χ0v) is 32.7. The molecule has 7 heteroatoms. The summed E-state index contributed by atoms with van der Waals surface area (Å²) in [6.07, 6.45) is -4.57. The van der Waals surface area contributed by atoms with Gasteiger partial charge in [0.1, 0.15) is 0 Å². The summed E-state index contributed by atoms with van der Waals surface area (Å²) in [5, 5.41) is 27.9. The molecule has 274 valence electrons. The van der Waals surface area contributed by atoms with Gasteiger partial charge in [0.15, 0.2) is 5.60 Å². The number of aliphatic hydroxyl groups is 3. The fourth-order valence-corrected chi connectivity index (χ4v) is 4.24. The first kappa shape index (κ1) is 53.1. The van der Waals surface area contributed by atoms with Crippen LogP contribution in [0.25, 0.3) is 0 Å². The zero-order chi connectivity index (χ0) is 36.8. The molecule has 0 aliphatic rings. The van der Waals surface area contributed by atoms with Gasteiger partial charge in [-0.25, -0.2) is 4.39 Å². The topological polar surface area (TPSA) is 60.7 Å². The fraction of sp³-hybridized carbons (Fsp3) is 1.00. The summed E-state index contributed by atoms with van der Waals surface area (Å²) in [5.74, 6) is -2.17. The number of rotatable bonds is 3. The lowest BCUT2D eigenvalue weighted by molar-refractivity contribution is -0.280. The van der Waals surface area contributed by atoms with Crippen LogP contribution in [0.15, 0.2) is 0 Å². The molecule has 0 saturated carbocycles. The Morgan fingerprint density at radius 2 is 0.568 bits per heavy atom. The van der Waals surface area contributed by atoms with Crippen molar-refractivity contribution in [3.05, 3.63) is 0 Å². The van der Waals surface area contributed by atoms with Gasteiger partial charge in [0.2, 0.25) is 5.85 Å². The lowest BCUT2D eigenvalue weighted by Gasteiger charge is -2.40. The molecule has 0 spiro atoms. The Labute approximate surface area is 273 Å². The first-order chi connectivity index (χ1) is 17.9. The number of halogens is 4. The molecule has 0 saturated heterocycles. The molecule has 0 radical (unpaired) electrons. The van der Waals surface area contributed by atoms with Crippen LogP contribution in [-0.4, -0.2) is 38.6 Å². The van der Waals surface area contributed by atoms with Crippen LogP contribution in [0.5, 0.6) is 0 Å². The normalized spacial score (nSPS) is 18.3. The summed E-state index contributed by atoms with van der Waals surface area (Å²) in [7, 11) is 0. The third-order valence-electron chi connectivity index (χ3n) is 9.76. The quantitative estimate of drug-likeness (QED) is 0.267. The molecule has 0 aliphatic carbocycles. The van der Waals surface area contributed by atoms with Crippen molar-refractivity contribution in [2.24, 2.45) is 50.7 Å². The van der Waals surface area contributed by atoms with E-state index in [1.807, 2.05) is 34.6 Å². The van der Waals surface area contributed by atoms with E-state index >= 15 is 0 Å². The third-order valence-corrected chi connectivity index (χ3v) is 9.76. The zero-order valence-electron chi connectivity index (χ0n) is 32.7. The summed E-state index contributed by atoms with van der Waals surface area (Å²) in [4.78, 5) is 0. The Bertz CT molecular complexity index is 639. The maximum Gasteiger partial charge on any atom is 0.417 e. The van der Waals surface area contributed by atoms with Gasteiger partial charge in [0, 0.05) is 5.92 Å².